The van der Waals surface area contributed by atoms with Gasteiger partial charge in [-0.15, -0.1) is 0 Å². The second kappa shape index (κ2) is 8.05. The number of benzene rings is 1. The molecule has 0 aliphatic rings. The molecule has 15 heavy (non-hydrogen) atoms. The molecular weight excluding hydrogens is 186 g/mol. The van der Waals surface area contributed by atoms with Crippen LogP contribution < -0.4 is 5.32 Å². The van der Waals surface area contributed by atoms with Gasteiger partial charge in [-0.3, -0.25) is 0 Å². The predicted octanol–water partition coefficient (Wildman–Crippen LogP) is 1.66. The minimum Gasteiger partial charge on any atom is -0.383 e. The van der Waals surface area contributed by atoms with Crippen molar-refractivity contribution < 1.29 is 4.74 Å². The number of hydrogen-bond donors (Lipinski definition) is 1. The van der Waals surface area contributed by atoms with Crippen molar-refractivity contribution >= 4 is 0 Å². The van der Waals surface area contributed by atoms with Crippen molar-refractivity contribution in [3.8, 4) is 11.8 Å². The lowest BCUT2D eigenvalue weighted by Gasteiger charge is -1.99. The van der Waals surface area contributed by atoms with E-state index in [1.165, 1.54) is 0 Å². The van der Waals surface area contributed by atoms with E-state index in [0.29, 0.717) is 0 Å². The molecule has 0 spiro atoms. The van der Waals surface area contributed by atoms with Gasteiger partial charge in [-0.2, -0.15) is 0 Å². The molecule has 0 radical (unpaired) electrons. The fourth-order valence-electron chi connectivity index (χ4n) is 1.14. The maximum absolute atomic E-state index is 4.92. The average Bonchev–Trinajstić information content (AvgIpc) is 2.29. The van der Waals surface area contributed by atoms with E-state index in [1.807, 2.05) is 30.3 Å². The predicted molar refractivity (Wildman–Crippen MR) is 62.7 cm³/mol. The van der Waals surface area contributed by atoms with Crippen LogP contribution in [0.25, 0.3) is 0 Å². The van der Waals surface area contributed by atoms with Crippen molar-refractivity contribution in [2.45, 2.75) is 6.42 Å². The molecule has 1 rings (SSSR count). The molecule has 0 saturated carbocycles. The van der Waals surface area contributed by atoms with Gasteiger partial charge in [0.05, 0.1) is 6.61 Å². The van der Waals surface area contributed by atoms with Crippen LogP contribution in [0.2, 0.25) is 0 Å². The van der Waals surface area contributed by atoms with E-state index in [9.17, 15) is 0 Å². The third-order valence-corrected chi connectivity index (χ3v) is 1.92. The Kier molecular flexibility index (Phi) is 6.31. The lowest BCUT2D eigenvalue weighted by atomic mass is 10.2. The second-order valence-corrected chi connectivity index (χ2v) is 3.16. The largest absolute Gasteiger partial charge is 0.383 e. The van der Waals surface area contributed by atoms with Gasteiger partial charge in [-0.25, -0.2) is 0 Å². The van der Waals surface area contributed by atoms with Gasteiger partial charge in [-0.1, -0.05) is 30.0 Å². The Labute approximate surface area is 91.6 Å². The Morgan fingerprint density at radius 2 is 2.00 bits per heavy atom. The summed E-state index contributed by atoms with van der Waals surface area (Å²) in [5.74, 6) is 6.24. The summed E-state index contributed by atoms with van der Waals surface area (Å²) in [7, 11) is 1.71. The van der Waals surface area contributed by atoms with Crippen LogP contribution in [0.3, 0.4) is 0 Å². The molecule has 0 aliphatic carbocycles. The first-order chi connectivity index (χ1) is 7.43. The van der Waals surface area contributed by atoms with Crippen LogP contribution in [-0.2, 0) is 4.74 Å². The normalized spacial score (nSPS) is 9.40. The quantitative estimate of drug-likeness (QED) is 0.580. The van der Waals surface area contributed by atoms with Gasteiger partial charge >= 0.3 is 0 Å². The van der Waals surface area contributed by atoms with Crippen LogP contribution in [0.15, 0.2) is 30.3 Å². The number of ether oxygens (including phenoxy) is 1. The molecule has 0 saturated heterocycles. The van der Waals surface area contributed by atoms with Crippen LogP contribution in [0.4, 0.5) is 0 Å². The van der Waals surface area contributed by atoms with E-state index in [0.717, 1.165) is 31.7 Å². The summed E-state index contributed by atoms with van der Waals surface area (Å²) >= 11 is 0. The summed E-state index contributed by atoms with van der Waals surface area (Å²) in [4.78, 5) is 0. The van der Waals surface area contributed by atoms with Crippen molar-refractivity contribution in [1.29, 1.82) is 0 Å². The first-order valence-corrected chi connectivity index (χ1v) is 5.17. The highest BCUT2D eigenvalue weighted by atomic mass is 16.5. The van der Waals surface area contributed by atoms with Crippen LogP contribution >= 0.6 is 0 Å². The maximum Gasteiger partial charge on any atom is 0.0587 e. The zero-order chi connectivity index (χ0) is 10.8. The zero-order valence-electron chi connectivity index (χ0n) is 9.12. The molecular formula is C13H17NO. The van der Waals surface area contributed by atoms with Gasteiger partial charge in [0.2, 0.25) is 0 Å². The molecule has 1 aromatic rings. The molecule has 1 aromatic carbocycles. The number of rotatable bonds is 5. The van der Waals surface area contributed by atoms with Crippen molar-refractivity contribution in [3.63, 3.8) is 0 Å². The van der Waals surface area contributed by atoms with E-state index < -0.39 is 0 Å². The summed E-state index contributed by atoms with van der Waals surface area (Å²) in [5, 5.41) is 3.25. The Hall–Kier alpha value is -1.30. The summed E-state index contributed by atoms with van der Waals surface area (Å²) in [5.41, 5.74) is 1.08. The van der Waals surface area contributed by atoms with Crippen molar-refractivity contribution in [2.24, 2.45) is 0 Å². The number of hydrogen-bond acceptors (Lipinski definition) is 2. The SMILES string of the molecule is COCCNCCC#Cc1ccccc1. The number of nitrogens with one attached hydrogen (secondary N) is 1. The molecule has 0 fully saturated rings. The first kappa shape index (κ1) is 11.8. The number of methoxy groups -OCH3 is 1. The van der Waals surface area contributed by atoms with E-state index >= 15 is 0 Å². The Balaban J connectivity index is 2.12. The lowest BCUT2D eigenvalue weighted by molar-refractivity contribution is 0.200. The Morgan fingerprint density at radius 3 is 2.73 bits per heavy atom. The van der Waals surface area contributed by atoms with Gasteiger partial charge in [0.1, 0.15) is 0 Å². The van der Waals surface area contributed by atoms with Crippen molar-refractivity contribution in [1.82, 2.24) is 5.32 Å². The van der Waals surface area contributed by atoms with E-state index in [1.54, 1.807) is 7.11 Å². The Bertz CT molecular complexity index is 310. The van der Waals surface area contributed by atoms with Gasteiger partial charge in [-0.05, 0) is 12.1 Å². The fourth-order valence-corrected chi connectivity index (χ4v) is 1.14. The highest BCUT2D eigenvalue weighted by molar-refractivity contribution is 5.33. The third-order valence-electron chi connectivity index (χ3n) is 1.92. The molecule has 1 N–H and O–H groups in total. The molecule has 0 unspecified atom stereocenters. The minimum absolute atomic E-state index is 0.756. The summed E-state index contributed by atoms with van der Waals surface area (Å²) in [6, 6.07) is 10.0. The first-order valence-electron chi connectivity index (χ1n) is 5.17. The smallest absolute Gasteiger partial charge is 0.0587 e. The summed E-state index contributed by atoms with van der Waals surface area (Å²) in [6.45, 7) is 2.57. The summed E-state index contributed by atoms with van der Waals surface area (Å²) < 4.78 is 4.92. The monoisotopic (exact) mass is 203 g/mol. The highest BCUT2D eigenvalue weighted by Gasteiger charge is 1.84. The van der Waals surface area contributed by atoms with Gasteiger partial charge < -0.3 is 10.1 Å². The molecule has 0 heterocycles. The maximum atomic E-state index is 4.92. The molecule has 2 heteroatoms. The fraction of sp³-hybridized carbons (Fsp3) is 0.385. The minimum atomic E-state index is 0.756. The van der Waals surface area contributed by atoms with Crippen LogP contribution in [0, 0.1) is 11.8 Å². The van der Waals surface area contributed by atoms with Crippen LogP contribution in [-0.4, -0.2) is 26.8 Å². The zero-order valence-corrected chi connectivity index (χ0v) is 9.12. The van der Waals surface area contributed by atoms with Gasteiger partial charge in [0, 0.05) is 32.2 Å². The molecule has 0 aliphatic heterocycles. The standard InChI is InChI=1S/C13H17NO/c1-15-12-11-14-10-6-5-9-13-7-3-2-4-8-13/h2-4,7-8,14H,6,10-12H2,1H3. The van der Waals surface area contributed by atoms with E-state index in [2.05, 4.69) is 17.2 Å². The lowest BCUT2D eigenvalue weighted by Crippen LogP contribution is -2.19. The molecule has 0 aromatic heterocycles. The van der Waals surface area contributed by atoms with Gasteiger partial charge in [0.25, 0.3) is 0 Å². The Morgan fingerprint density at radius 1 is 1.20 bits per heavy atom. The third kappa shape index (κ3) is 5.90. The molecule has 0 bridgehead atoms. The second-order valence-electron chi connectivity index (χ2n) is 3.16. The summed E-state index contributed by atoms with van der Waals surface area (Å²) in [6.07, 6.45) is 0.874. The molecule has 2 nitrogen and oxygen atoms in total. The topological polar surface area (TPSA) is 21.3 Å². The molecule has 0 atom stereocenters. The van der Waals surface area contributed by atoms with E-state index in [-0.39, 0.29) is 0 Å². The van der Waals surface area contributed by atoms with Crippen LogP contribution in [0.5, 0.6) is 0 Å². The average molecular weight is 203 g/mol. The van der Waals surface area contributed by atoms with Gasteiger partial charge in [0.15, 0.2) is 0 Å². The van der Waals surface area contributed by atoms with Crippen LogP contribution in [0.1, 0.15) is 12.0 Å². The van der Waals surface area contributed by atoms with Crippen molar-refractivity contribution in [3.05, 3.63) is 35.9 Å². The molecule has 80 valence electrons. The highest BCUT2D eigenvalue weighted by Crippen LogP contribution is 1.94. The van der Waals surface area contributed by atoms with Crippen molar-refractivity contribution in [2.75, 3.05) is 26.8 Å². The molecule has 0 amide bonds. The van der Waals surface area contributed by atoms with E-state index in [4.69, 9.17) is 4.74 Å².